The predicted octanol–water partition coefficient (Wildman–Crippen LogP) is 4.52. The number of rotatable bonds is 3. The van der Waals surface area contributed by atoms with Crippen LogP contribution in [0, 0.1) is 0 Å². The molecule has 0 aliphatic heterocycles. The molecule has 0 radical (unpaired) electrons. The summed E-state index contributed by atoms with van der Waals surface area (Å²) in [6.07, 6.45) is 0. The third-order valence-electron chi connectivity index (χ3n) is 4.05. The maximum absolute atomic E-state index is 9.67. The zero-order chi connectivity index (χ0) is 17.4. The molecule has 0 N–H and O–H groups in total. The topological polar surface area (TPSA) is 0 Å². The summed E-state index contributed by atoms with van der Waals surface area (Å²) in [5.41, 5.74) is 0. The third kappa shape index (κ3) is 4.46. The van der Waals surface area contributed by atoms with E-state index in [1.807, 2.05) is 0 Å². The SMILES string of the molecule is C[PH](c1ccccc1)(c1ccccc1)c1ccccc1.FC(F)F. The van der Waals surface area contributed by atoms with Crippen molar-refractivity contribution in [3.63, 3.8) is 0 Å². The molecule has 0 aliphatic carbocycles. The molecule has 0 fully saturated rings. The fourth-order valence-corrected chi connectivity index (χ4v) is 6.39. The van der Waals surface area contributed by atoms with E-state index in [9.17, 15) is 13.2 Å². The van der Waals surface area contributed by atoms with E-state index in [4.69, 9.17) is 0 Å². The molecule has 24 heavy (non-hydrogen) atoms. The summed E-state index contributed by atoms with van der Waals surface area (Å²) in [4.78, 5) is 0. The van der Waals surface area contributed by atoms with Crippen LogP contribution < -0.4 is 15.9 Å². The number of benzene rings is 3. The molecular weight excluding hydrogens is 328 g/mol. The Morgan fingerprint density at radius 2 is 0.750 bits per heavy atom. The van der Waals surface area contributed by atoms with Crippen LogP contribution in [0.25, 0.3) is 0 Å². The van der Waals surface area contributed by atoms with Crippen LogP contribution in [-0.4, -0.2) is 13.3 Å². The Morgan fingerprint density at radius 3 is 0.958 bits per heavy atom. The molecule has 0 bridgehead atoms. The smallest absolute Gasteiger partial charge is 0.174 e. The molecule has 0 aliphatic rings. The number of alkyl halides is 3. The van der Waals surface area contributed by atoms with E-state index in [0.717, 1.165) is 0 Å². The van der Waals surface area contributed by atoms with Crippen molar-refractivity contribution < 1.29 is 13.2 Å². The summed E-state index contributed by atoms with van der Waals surface area (Å²) < 4.78 is 29.0. The molecule has 0 saturated carbocycles. The van der Waals surface area contributed by atoms with Gasteiger partial charge in [0.05, 0.1) is 0 Å². The summed E-state index contributed by atoms with van der Waals surface area (Å²) in [6, 6.07) is 32.8. The Balaban J connectivity index is 0.000000471. The van der Waals surface area contributed by atoms with Crippen LogP contribution >= 0.6 is 7.26 Å². The molecule has 0 atom stereocenters. The Morgan fingerprint density at radius 1 is 0.542 bits per heavy atom. The summed E-state index contributed by atoms with van der Waals surface area (Å²) in [7, 11) is -1.88. The standard InChI is InChI=1S/C19H19P.CHF3/c1-20(17-11-5-2-6-12-17,18-13-7-3-8-14-18)19-15-9-4-10-16-19;2-1(3)4/h2-16,20H,1H3;1H. The Kier molecular flexibility index (Phi) is 6.57. The van der Waals surface area contributed by atoms with Crippen LogP contribution in [0.4, 0.5) is 13.2 Å². The second-order valence-corrected chi connectivity index (χ2v) is 9.45. The van der Waals surface area contributed by atoms with Crippen LogP contribution in [0.5, 0.6) is 0 Å². The normalized spacial score (nSPS) is 11.5. The van der Waals surface area contributed by atoms with Gasteiger partial charge in [0.1, 0.15) is 0 Å². The number of hydrogen-bond acceptors (Lipinski definition) is 0. The molecular formula is C20H20F3P. The first-order valence-corrected chi connectivity index (χ1v) is 10.1. The van der Waals surface area contributed by atoms with Crippen LogP contribution in [0.3, 0.4) is 0 Å². The van der Waals surface area contributed by atoms with E-state index < -0.39 is 13.9 Å². The van der Waals surface area contributed by atoms with Crippen molar-refractivity contribution in [3.8, 4) is 0 Å². The minimum absolute atomic E-state index is 1.46. The largest absolute Gasteiger partial charge is 0.379 e. The second kappa shape index (κ2) is 8.65. The van der Waals surface area contributed by atoms with Crippen molar-refractivity contribution in [2.24, 2.45) is 0 Å². The van der Waals surface area contributed by atoms with E-state index in [2.05, 4.69) is 97.7 Å². The molecule has 4 heteroatoms. The van der Waals surface area contributed by atoms with Crippen molar-refractivity contribution in [3.05, 3.63) is 91.0 Å². The predicted molar refractivity (Wildman–Crippen MR) is 99.6 cm³/mol. The van der Waals surface area contributed by atoms with Crippen molar-refractivity contribution in [2.45, 2.75) is 6.68 Å². The zero-order valence-electron chi connectivity index (χ0n) is 13.4. The molecule has 3 aromatic rings. The molecule has 0 saturated heterocycles. The molecule has 3 aromatic carbocycles. The maximum Gasteiger partial charge on any atom is 0.379 e. The van der Waals surface area contributed by atoms with E-state index in [1.165, 1.54) is 15.9 Å². The minimum Gasteiger partial charge on any atom is -0.174 e. The van der Waals surface area contributed by atoms with Crippen LogP contribution in [0.2, 0.25) is 0 Å². The summed E-state index contributed by atoms with van der Waals surface area (Å²) in [5, 5.41) is 4.37. The molecule has 0 heterocycles. The van der Waals surface area contributed by atoms with E-state index in [0.29, 0.717) is 0 Å². The molecule has 0 amide bonds. The quantitative estimate of drug-likeness (QED) is 0.611. The van der Waals surface area contributed by atoms with Crippen molar-refractivity contribution in [2.75, 3.05) is 6.66 Å². The first-order valence-electron chi connectivity index (χ1n) is 7.64. The molecule has 0 nitrogen and oxygen atoms in total. The van der Waals surface area contributed by atoms with Crippen molar-refractivity contribution in [1.29, 1.82) is 0 Å². The zero-order valence-corrected chi connectivity index (χ0v) is 14.4. The van der Waals surface area contributed by atoms with Crippen LogP contribution in [-0.2, 0) is 0 Å². The van der Waals surface area contributed by atoms with E-state index >= 15 is 0 Å². The van der Waals surface area contributed by atoms with Gasteiger partial charge in [0.2, 0.25) is 0 Å². The second-order valence-electron chi connectivity index (χ2n) is 5.47. The van der Waals surface area contributed by atoms with Crippen LogP contribution in [0.1, 0.15) is 0 Å². The van der Waals surface area contributed by atoms with Gasteiger partial charge in [-0.1, -0.05) is 0 Å². The summed E-state index contributed by atoms with van der Waals surface area (Å²) in [5.74, 6) is 0. The summed E-state index contributed by atoms with van der Waals surface area (Å²) >= 11 is 0. The van der Waals surface area contributed by atoms with Gasteiger partial charge in [0.15, 0.2) is 0 Å². The average Bonchev–Trinajstić information content (AvgIpc) is 2.63. The number of hydrogen-bond donors (Lipinski definition) is 0. The molecule has 3 rings (SSSR count). The molecule has 0 unspecified atom stereocenters. The Bertz CT molecular complexity index is 616. The fourth-order valence-electron chi connectivity index (χ4n) is 2.81. The summed E-state index contributed by atoms with van der Waals surface area (Å²) in [6.45, 7) is -1.23. The minimum atomic E-state index is -3.67. The van der Waals surface area contributed by atoms with Gasteiger partial charge in [-0.3, -0.25) is 0 Å². The Labute approximate surface area is 141 Å². The van der Waals surface area contributed by atoms with Crippen molar-refractivity contribution >= 4 is 23.2 Å². The van der Waals surface area contributed by atoms with E-state index in [1.54, 1.807) is 0 Å². The maximum atomic E-state index is 9.67. The first-order chi connectivity index (χ1) is 11.5. The fraction of sp³-hybridized carbons (Fsp3) is 0.100. The van der Waals surface area contributed by atoms with Gasteiger partial charge in [-0.2, -0.15) is 13.2 Å². The first kappa shape index (κ1) is 18.2. The van der Waals surface area contributed by atoms with Crippen LogP contribution in [0.15, 0.2) is 91.0 Å². The third-order valence-corrected chi connectivity index (χ3v) is 8.52. The van der Waals surface area contributed by atoms with Gasteiger partial charge < -0.3 is 0 Å². The number of halogens is 3. The van der Waals surface area contributed by atoms with Gasteiger partial charge in [0, 0.05) is 0 Å². The molecule has 0 aromatic heterocycles. The van der Waals surface area contributed by atoms with Gasteiger partial charge in [-0.25, -0.2) is 0 Å². The van der Waals surface area contributed by atoms with Gasteiger partial charge in [-0.05, 0) is 0 Å². The van der Waals surface area contributed by atoms with Gasteiger partial charge in [0.25, 0.3) is 0 Å². The van der Waals surface area contributed by atoms with Gasteiger partial charge in [-0.15, -0.1) is 0 Å². The monoisotopic (exact) mass is 348 g/mol. The van der Waals surface area contributed by atoms with E-state index in [-0.39, 0.29) is 0 Å². The Hall–Kier alpha value is -2.12. The van der Waals surface area contributed by atoms with Crippen molar-refractivity contribution in [1.82, 2.24) is 0 Å². The molecule has 126 valence electrons. The molecule has 0 spiro atoms. The van der Waals surface area contributed by atoms with Gasteiger partial charge >= 0.3 is 128 Å². The average molecular weight is 348 g/mol.